The minimum atomic E-state index is 0.405. The Morgan fingerprint density at radius 3 is 2.96 bits per heavy atom. The summed E-state index contributed by atoms with van der Waals surface area (Å²) in [6.07, 6.45) is 5.59. The lowest BCUT2D eigenvalue weighted by atomic mass is 10.2. The standard InChI is InChI=1S/C15H14N8/c1-9-19-10(8-11(16)20-9)14-15(21-12-4-2-6-17-12)22-13-5-3-7-18-23(13)14/h2-5,7-8H,6H2,1H3,(H,17,21)(H2,16,19,20). The van der Waals surface area contributed by atoms with Gasteiger partial charge in [0.1, 0.15) is 23.2 Å². The predicted octanol–water partition coefficient (Wildman–Crippen LogP) is 1.46. The molecule has 4 rings (SSSR count). The van der Waals surface area contributed by atoms with Crippen molar-refractivity contribution in [1.82, 2.24) is 24.6 Å². The van der Waals surface area contributed by atoms with E-state index >= 15 is 0 Å². The van der Waals surface area contributed by atoms with E-state index in [-0.39, 0.29) is 0 Å². The number of nitrogens with one attached hydrogen (secondary N) is 1. The van der Waals surface area contributed by atoms with Crippen LogP contribution < -0.4 is 11.1 Å². The summed E-state index contributed by atoms with van der Waals surface area (Å²) in [6, 6.07) is 5.43. The average Bonchev–Trinajstić information content (AvgIpc) is 3.13. The van der Waals surface area contributed by atoms with Gasteiger partial charge < -0.3 is 11.1 Å². The van der Waals surface area contributed by atoms with Gasteiger partial charge in [-0.05, 0) is 25.1 Å². The lowest BCUT2D eigenvalue weighted by Gasteiger charge is -2.07. The first kappa shape index (κ1) is 13.4. The summed E-state index contributed by atoms with van der Waals surface area (Å²) in [4.78, 5) is 17.5. The van der Waals surface area contributed by atoms with E-state index in [1.165, 1.54) is 0 Å². The molecule has 0 atom stereocenters. The molecule has 1 aliphatic rings. The largest absolute Gasteiger partial charge is 0.384 e. The van der Waals surface area contributed by atoms with Gasteiger partial charge in [0.25, 0.3) is 0 Å². The summed E-state index contributed by atoms with van der Waals surface area (Å²) in [6.45, 7) is 2.47. The summed E-state index contributed by atoms with van der Waals surface area (Å²) in [5.74, 6) is 2.39. The summed E-state index contributed by atoms with van der Waals surface area (Å²) in [5, 5.41) is 7.59. The number of anilines is 2. The van der Waals surface area contributed by atoms with Crippen LogP contribution in [-0.2, 0) is 0 Å². The van der Waals surface area contributed by atoms with Crippen molar-refractivity contribution in [2.45, 2.75) is 6.92 Å². The monoisotopic (exact) mass is 306 g/mol. The van der Waals surface area contributed by atoms with Crippen LogP contribution in [0.15, 0.2) is 41.5 Å². The summed E-state index contributed by atoms with van der Waals surface area (Å²) in [5.41, 5.74) is 7.96. The van der Waals surface area contributed by atoms with Gasteiger partial charge in [0.2, 0.25) is 0 Å². The zero-order valence-electron chi connectivity index (χ0n) is 12.4. The number of nitrogens with two attached hydrogens (primary N) is 1. The number of imidazole rings is 1. The van der Waals surface area contributed by atoms with E-state index in [4.69, 9.17) is 5.73 Å². The number of aliphatic imine (C=N–C) groups is 1. The van der Waals surface area contributed by atoms with E-state index in [0.29, 0.717) is 35.3 Å². The van der Waals surface area contributed by atoms with E-state index in [1.54, 1.807) is 23.7 Å². The Labute approximate surface area is 131 Å². The lowest BCUT2D eigenvalue weighted by Crippen LogP contribution is -2.09. The topological polar surface area (TPSA) is 106 Å². The Kier molecular flexibility index (Phi) is 3.00. The Balaban J connectivity index is 1.93. The predicted molar refractivity (Wildman–Crippen MR) is 88.2 cm³/mol. The van der Waals surface area contributed by atoms with Crippen LogP contribution in [0.4, 0.5) is 11.6 Å². The van der Waals surface area contributed by atoms with Crippen molar-refractivity contribution >= 4 is 23.1 Å². The maximum Gasteiger partial charge on any atom is 0.162 e. The molecule has 0 radical (unpaired) electrons. The molecule has 0 saturated carbocycles. The fraction of sp³-hybridized carbons (Fsp3) is 0.133. The maximum absolute atomic E-state index is 5.87. The number of nitrogens with zero attached hydrogens (tertiary/aromatic N) is 6. The van der Waals surface area contributed by atoms with Crippen molar-refractivity contribution in [2.75, 3.05) is 17.6 Å². The first-order valence-electron chi connectivity index (χ1n) is 7.14. The van der Waals surface area contributed by atoms with E-state index in [9.17, 15) is 0 Å². The number of nitrogen functional groups attached to an aromatic ring is 1. The molecule has 0 aliphatic carbocycles. The zero-order chi connectivity index (χ0) is 15.8. The Hall–Kier alpha value is -3.29. The molecule has 3 N–H and O–H groups in total. The molecule has 0 unspecified atom stereocenters. The Bertz CT molecular complexity index is 933. The first-order valence-corrected chi connectivity index (χ1v) is 7.14. The molecule has 0 amide bonds. The van der Waals surface area contributed by atoms with Gasteiger partial charge in [-0.2, -0.15) is 5.10 Å². The van der Waals surface area contributed by atoms with Crippen molar-refractivity contribution < 1.29 is 0 Å². The minimum absolute atomic E-state index is 0.405. The number of aromatic nitrogens is 5. The first-order chi connectivity index (χ1) is 11.2. The van der Waals surface area contributed by atoms with Crippen molar-refractivity contribution in [3.05, 3.63) is 42.4 Å². The molecule has 4 heterocycles. The van der Waals surface area contributed by atoms with Gasteiger partial charge in [-0.15, -0.1) is 0 Å². The molecule has 0 aromatic carbocycles. The second-order valence-electron chi connectivity index (χ2n) is 5.08. The highest BCUT2D eigenvalue weighted by atomic mass is 15.3. The van der Waals surface area contributed by atoms with E-state index < -0.39 is 0 Å². The molecule has 0 bridgehead atoms. The van der Waals surface area contributed by atoms with Crippen molar-refractivity contribution in [2.24, 2.45) is 4.99 Å². The summed E-state index contributed by atoms with van der Waals surface area (Å²) >= 11 is 0. The Morgan fingerprint density at radius 2 is 2.17 bits per heavy atom. The van der Waals surface area contributed by atoms with E-state index in [2.05, 4.69) is 30.4 Å². The summed E-state index contributed by atoms with van der Waals surface area (Å²) < 4.78 is 1.72. The van der Waals surface area contributed by atoms with Gasteiger partial charge in [0.15, 0.2) is 11.5 Å². The molecule has 0 spiro atoms. The normalized spacial score (nSPS) is 13.5. The van der Waals surface area contributed by atoms with Crippen LogP contribution in [0.5, 0.6) is 0 Å². The van der Waals surface area contributed by atoms with Crippen molar-refractivity contribution in [1.29, 1.82) is 0 Å². The highest BCUT2D eigenvalue weighted by Gasteiger charge is 2.18. The van der Waals surface area contributed by atoms with Crippen LogP contribution >= 0.6 is 0 Å². The van der Waals surface area contributed by atoms with Gasteiger partial charge >= 0.3 is 0 Å². The fourth-order valence-electron chi connectivity index (χ4n) is 2.49. The van der Waals surface area contributed by atoms with Gasteiger partial charge in [0.05, 0.1) is 12.2 Å². The molecule has 0 fully saturated rings. The van der Waals surface area contributed by atoms with Crippen molar-refractivity contribution in [3.63, 3.8) is 0 Å². The lowest BCUT2D eigenvalue weighted by molar-refractivity contribution is 0.932. The molecular formula is C15H14N8. The number of rotatable bonds is 2. The molecule has 8 nitrogen and oxygen atoms in total. The number of aryl methyl sites for hydroxylation is 1. The Morgan fingerprint density at radius 1 is 1.26 bits per heavy atom. The van der Waals surface area contributed by atoms with Crippen LogP contribution in [0.3, 0.4) is 0 Å². The highest BCUT2D eigenvalue weighted by molar-refractivity contribution is 6.06. The van der Waals surface area contributed by atoms with Crippen LogP contribution in [0.2, 0.25) is 0 Å². The van der Waals surface area contributed by atoms with Gasteiger partial charge in [0, 0.05) is 12.3 Å². The molecule has 3 aromatic rings. The number of hydrogen-bond donors (Lipinski definition) is 2. The molecule has 23 heavy (non-hydrogen) atoms. The van der Waals surface area contributed by atoms with Gasteiger partial charge in [-0.1, -0.05) is 6.08 Å². The zero-order valence-corrected chi connectivity index (χ0v) is 12.4. The van der Waals surface area contributed by atoms with Crippen LogP contribution in [0.25, 0.3) is 17.0 Å². The highest BCUT2D eigenvalue weighted by Crippen LogP contribution is 2.28. The fourth-order valence-corrected chi connectivity index (χ4v) is 2.49. The number of amidine groups is 1. The quantitative estimate of drug-likeness (QED) is 0.742. The molecule has 8 heteroatoms. The third-order valence-corrected chi connectivity index (χ3v) is 3.38. The number of hydrogen-bond acceptors (Lipinski definition) is 7. The van der Waals surface area contributed by atoms with E-state index in [0.717, 1.165) is 11.5 Å². The van der Waals surface area contributed by atoms with Crippen LogP contribution in [-0.4, -0.2) is 36.9 Å². The van der Waals surface area contributed by atoms with Crippen LogP contribution in [0.1, 0.15) is 5.82 Å². The second-order valence-corrected chi connectivity index (χ2v) is 5.08. The minimum Gasteiger partial charge on any atom is -0.384 e. The van der Waals surface area contributed by atoms with Crippen molar-refractivity contribution in [3.8, 4) is 11.4 Å². The molecule has 3 aromatic heterocycles. The number of fused-ring (bicyclic) bond motifs is 1. The molecule has 1 aliphatic heterocycles. The second kappa shape index (κ2) is 5.16. The van der Waals surface area contributed by atoms with Gasteiger partial charge in [-0.3, -0.25) is 4.99 Å². The molecule has 114 valence electrons. The average molecular weight is 306 g/mol. The van der Waals surface area contributed by atoms with Crippen LogP contribution in [0, 0.1) is 6.92 Å². The SMILES string of the molecule is Cc1nc(N)cc(-c2c(NC3=NCC=C3)nc3cccnn23)n1. The smallest absolute Gasteiger partial charge is 0.162 e. The molecule has 0 saturated heterocycles. The third-order valence-electron chi connectivity index (χ3n) is 3.38. The van der Waals surface area contributed by atoms with E-state index in [1.807, 2.05) is 24.3 Å². The van der Waals surface area contributed by atoms with Gasteiger partial charge in [-0.25, -0.2) is 19.5 Å². The summed E-state index contributed by atoms with van der Waals surface area (Å²) in [7, 11) is 0. The maximum atomic E-state index is 5.87. The third kappa shape index (κ3) is 2.39. The molecular weight excluding hydrogens is 292 g/mol.